The molecule has 2 nitrogen and oxygen atoms in total. The number of halogens is 3. The van der Waals surface area contributed by atoms with Gasteiger partial charge in [-0.2, -0.15) is 0 Å². The molecule has 0 aliphatic rings. The highest BCUT2D eigenvalue weighted by molar-refractivity contribution is 6.33. The number of benzene rings is 3. The average molecular weight is 378 g/mol. The van der Waals surface area contributed by atoms with Gasteiger partial charge in [0, 0.05) is 17.1 Å². The van der Waals surface area contributed by atoms with E-state index in [9.17, 15) is 4.39 Å². The highest BCUT2D eigenvalue weighted by atomic mass is 35.5. The molecule has 0 fully saturated rings. The zero-order valence-electron chi connectivity index (χ0n) is 13.4. The SMILES string of the molecule is Cl.NCc1cc(OCc2ccccc2)ccc1-c1cc(F)ccc1Cl. The maximum atomic E-state index is 13.5. The molecule has 5 heteroatoms. The summed E-state index contributed by atoms with van der Waals surface area (Å²) < 4.78 is 19.4. The normalized spacial score (nSPS) is 10.2. The summed E-state index contributed by atoms with van der Waals surface area (Å²) in [5.41, 5.74) is 9.25. The molecule has 0 aliphatic carbocycles. The summed E-state index contributed by atoms with van der Waals surface area (Å²) >= 11 is 6.20. The van der Waals surface area contributed by atoms with Gasteiger partial charge in [0.25, 0.3) is 0 Å². The predicted molar refractivity (Wildman–Crippen MR) is 103 cm³/mol. The Hall–Kier alpha value is -2.07. The molecule has 0 atom stereocenters. The predicted octanol–water partition coefficient (Wildman–Crippen LogP) is 5.61. The second-order valence-electron chi connectivity index (χ2n) is 5.42. The fourth-order valence-electron chi connectivity index (χ4n) is 2.54. The first kappa shape index (κ1) is 19.3. The molecule has 0 bridgehead atoms. The fraction of sp³-hybridized carbons (Fsp3) is 0.100. The van der Waals surface area contributed by atoms with Gasteiger partial charge in [-0.15, -0.1) is 12.4 Å². The van der Waals surface area contributed by atoms with Crippen LogP contribution in [-0.4, -0.2) is 0 Å². The molecule has 0 heterocycles. The van der Waals surface area contributed by atoms with Crippen LogP contribution >= 0.6 is 24.0 Å². The third kappa shape index (κ3) is 4.73. The summed E-state index contributed by atoms with van der Waals surface area (Å²) in [6.07, 6.45) is 0. The van der Waals surface area contributed by atoms with Gasteiger partial charge in [0.2, 0.25) is 0 Å². The molecule has 3 aromatic rings. The molecule has 0 saturated heterocycles. The lowest BCUT2D eigenvalue weighted by atomic mass is 9.99. The Labute approximate surface area is 157 Å². The molecule has 0 saturated carbocycles. The Morgan fingerprint density at radius 2 is 1.68 bits per heavy atom. The van der Waals surface area contributed by atoms with Gasteiger partial charge in [-0.1, -0.05) is 48.0 Å². The van der Waals surface area contributed by atoms with Crippen LogP contribution in [0.1, 0.15) is 11.1 Å². The van der Waals surface area contributed by atoms with Crippen molar-refractivity contribution < 1.29 is 9.13 Å². The maximum absolute atomic E-state index is 13.5. The molecule has 25 heavy (non-hydrogen) atoms. The first-order chi connectivity index (χ1) is 11.7. The van der Waals surface area contributed by atoms with Crippen molar-refractivity contribution in [3.05, 3.63) is 88.7 Å². The topological polar surface area (TPSA) is 35.2 Å². The number of ether oxygens (including phenoxy) is 1. The lowest BCUT2D eigenvalue weighted by Gasteiger charge is -2.13. The Morgan fingerprint density at radius 1 is 0.920 bits per heavy atom. The van der Waals surface area contributed by atoms with Gasteiger partial charge in [-0.3, -0.25) is 0 Å². The number of rotatable bonds is 5. The standard InChI is InChI=1S/C20H17ClFNO.ClH/c21-20-9-6-16(22)11-19(20)18-8-7-17(10-15(18)12-23)24-13-14-4-2-1-3-5-14;/h1-11H,12-13,23H2;1H. The van der Waals surface area contributed by atoms with Crippen LogP contribution in [0, 0.1) is 5.82 Å². The van der Waals surface area contributed by atoms with E-state index in [1.165, 1.54) is 12.1 Å². The summed E-state index contributed by atoms with van der Waals surface area (Å²) in [4.78, 5) is 0. The van der Waals surface area contributed by atoms with E-state index in [-0.39, 0.29) is 18.2 Å². The van der Waals surface area contributed by atoms with Crippen LogP contribution in [0.4, 0.5) is 4.39 Å². The molecule has 0 aromatic heterocycles. The fourth-order valence-corrected chi connectivity index (χ4v) is 2.76. The van der Waals surface area contributed by atoms with Crippen molar-refractivity contribution in [2.24, 2.45) is 5.73 Å². The Balaban J connectivity index is 0.00000225. The van der Waals surface area contributed by atoms with Crippen LogP contribution in [0.3, 0.4) is 0 Å². The number of nitrogens with two attached hydrogens (primary N) is 1. The van der Waals surface area contributed by atoms with Gasteiger partial charge in [0.1, 0.15) is 18.2 Å². The van der Waals surface area contributed by atoms with Crippen LogP contribution in [0.25, 0.3) is 11.1 Å². The molecule has 3 rings (SSSR count). The molecule has 0 spiro atoms. The zero-order valence-corrected chi connectivity index (χ0v) is 15.0. The van der Waals surface area contributed by atoms with Crippen molar-refractivity contribution in [1.29, 1.82) is 0 Å². The van der Waals surface area contributed by atoms with Crippen molar-refractivity contribution in [1.82, 2.24) is 0 Å². The van der Waals surface area contributed by atoms with E-state index in [0.717, 1.165) is 22.4 Å². The molecule has 130 valence electrons. The van der Waals surface area contributed by atoms with Crippen LogP contribution in [0.5, 0.6) is 5.75 Å². The lowest BCUT2D eigenvalue weighted by Crippen LogP contribution is -2.01. The Bertz CT molecular complexity index is 840. The summed E-state index contributed by atoms with van der Waals surface area (Å²) in [7, 11) is 0. The Kier molecular flexibility index (Phi) is 6.82. The van der Waals surface area contributed by atoms with Crippen LogP contribution in [0.15, 0.2) is 66.7 Å². The van der Waals surface area contributed by atoms with Crippen molar-refractivity contribution in [2.75, 3.05) is 0 Å². The van der Waals surface area contributed by atoms with E-state index in [0.29, 0.717) is 23.7 Å². The quantitative estimate of drug-likeness (QED) is 0.627. The van der Waals surface area contributed by atoms with Gasteiger partial charge in [-0.25, -0.2) is 4.39 Å². The molecule has 0 amide bonds. The smallest absolute Gasteiger partial charge is 0.123 e. The molecular weight excluding hydrogens is 360 g/mol. The molecular formula is C20H18Cl2FNO. The van der Waals surface area contributed by atoms with E-state index in [1.807, 2.05) is 48.5 Å². The van der Waals surface area contributed by atoms with E-state index >= 15 is 0 Å². The molecule has 3 aromatic carbocycles. The van der Waals surface area contributed by atoms with Crippen molar-refractivity contribution >= 4 is 24.0 Å². The summed E-state index contributed by atoms with van der Waals surface area (Å²) in [6.45, 7) is 0.787. The van der Waals surface area contributed by atoms with Crippen molar-refractivity contribution in [3.63, 3.8) is 0 Å². The highest BCUT2D eigenvalue weighted by Gasteiger charge is 2.11. The Morgan fingerprint density at radius 3 is 2.40 bits per heavy atom. The number of hydrogen-bond acceptors (Lipinski definition) is 2. The van der Waals surface area contributed by atoms with Gasteiger partial charge in [0.15, 0.2) is 0 Å². The highest BCUT2D eigenvalue weighted by Crippen LogP contribution is 2.33. The van der Waals surface area contributed by atoms with Gasteiger partial charge < -0.3 is 10.5 Å². The van der Waals surface area contributed by atoms with E-state index in [4.69, 9.17) is 22.1 Å². The summed E-state index contributed by atoms with van der Waals surface area (Å²) in [6, 6.07) is 19.8. The second kappa shape index (κ2) is 8.86. The van der Waals surface area contributed by atoms with Crippen LogP contribution in [0.2, 0.25) is 5.02 Å². The van der Waals surface area contributed by atoms with Gasteiger partial charge in [0.05, 0.1) is 0 Å². The van der Waals surface area contributed by atoms with E-state index in [1.54, 1.807) is 6.07 Å². The van der Waals surface area contributed by atoms with E-state index in [2.05, 4.69) is 0 Å². The zero-order chi connectivity index (χ0) is 16.9. The minimum Gasteiger partial charge on any atom is -0.489 e. The van der Waals surface area contributed by atoms with Gasteiger partial charge in [-0.05, 0) is 47.0 Å². The minimum atomic E-state index is -0.332. The second-order valence-corrected chi connectivity index (χ2v) is 5.83. The number of hydrogen-bond donors (Lipinski definition) is 1. The third-order valence-corrected chi connectivity index (χ3v) is 4.09. The average Bonchev–Trinajstić information content (AvgIpc) is 2.62. The summed E-state index contributed by atoms with van der Waals surface area (Å²) in [5, 5.41) is 0.490. The maximum Gasteiger partial charge on any atom is 0.123 e. The first-order valence-electron chi connectivity index (χ1n) is 7.62. The molecule has 2 N–H and O–H groups in total. The molecule has 0 unspecified atom stereocenters. The summed E-state index contributed by atoms with van der Waals surface area (Å²) in [5.74, 6) is 0.386. The van der Waals surface area contributed by atoms with Crippen molar-refractivity contribution in [2.45, 2.75) is 13.2 Å². The van der Waals surface area contributed by atoms with Crippen LogP contribution < -0.4 is 10.5 Å². The van der Waals surface area contributed by atoms with Crippen molar-refractivity contribution in [3.8, 4) is 16.9 Å². The molecule has 0 radical (unpaired) electrons. The monoisotopic (exact) mass is 377 g/mol. The van der Waals surface area contributed by atoms with Gasteiger partial charge >= 0.3 is 0 Å². The largest absolute Gasteiger partial charge is 0.489 e. The minimum absolute atomic E-state index is 0. The first-order valence-corrected chi connectivity index (χ1v) is 8.00. The lowest BCUT2D eigenvalue weighted by molar-refractivity contribution is 0.306. The van der Waals surface area contributed by atoms with Crippen LogP contribution in [-0.2, 0) is 13.2 Å². The third-order valence-electron chi connectivity index (χ3n) is 3.76. The van der Waals surface area contributed by atoms with E-state index < -0.39 is 0 Å². The molecule has 0 aliphatic heterocycles.